The predicted molar refractivity (Wildman–Crippen MR) is 72.7 cm³/mol. The van der Waals surface area contributed by atoms with Crippen molar-refractivity contribution >= 4 is 17.5 Å². The first-order chi connectivity index (χ1) is 8.81. The lowest BCUT2D eigenvalue weighted by Gasteiger charge is -2.18. The van der Waals surface area contributed by atoms with Gasteiger partial charge in [0.15, 0.2) is 6.10 Å². The minimum atomic E-state index is -0.748. The average molecular weight is 265 g/mol. The van der Waals surface area contributed by atoms with E-state index in [-0.39, 0.29) is 23.3 Å². The normalized spacial score (nSPS) is 12.0. The van der Waals surface area contributed by atoms with Crippen LogP contribution in [0.3, 0.4) is 0 Å². The van der Waals surface area contributed by atoms with Gasteiger partial charge in [0.1, 0.15) is 5.75 Å². The smallest absolute Gasteiger partial charge is 0.260 e. The molecule has 6 nitrogen and oxygen atoms in total. The molecule has 0 spiro atoms. The van der Waals surface area contributed by atoms with Gasteiger partial charge in [0.25, 0.3) is 11.8 Å². The van der Waals surface area contributed by atoms with Crippen molar-refractivity contribution < 1.29 is 14.3 Å². The van der Waals surface area contributed by atoms with Gasteiger partial charge >= 0.3 is 0 Å². The molecule has 2 amide bonds. The molecule has 0 radical (unpaired) electrons. The average Bonchev–Trinajstić information content (AvgIpc) is 2.27. The number of nitrogen functional groups attached to an aromatic ring is 1. The van der Waals surface area contributed by atoms with Gasteiger partial charge in [-0.15, -0.1) is 0 Å². The molecule has 5 N–H and O–H groups in total. The van der Waals surface area contributed by atoms with E-state index in [0.717, 1.165) is 0 Å². The van der Waals surface area contributed by atoms with Crippen molar-refractivity contribution in [1.82, 2.24) is 5.32 Å². The zero-order valence-corrected chi connectivity index (χ0v) is 11.3. The number of rotatable bonds is 5. The largest absolute Gasteiger partial charge is 0.480 e. The molecule has 0 aliphatic carbocycles. The molecule has 1 unspecified atom stereocenters. The van der Waals surface area contributed by atoms with E-state index in [1.165, 1.54) is 12.1 Å². The number of carbonyl (C=O) groups is 2. The highest BCUT2D eigenvalue weighted by molar-refractivity contribution is 5.96. The first-order valence-corrected chi connectivity index (χ1v) is 5.97. The number of amides is 2. The van der Waals surface area contributed by atoms with Crippen molar-refractivity contribution in [3.63, 3.8) is 0 Å². The number of carbonyl (C=O) groups excluding carboxylic acids is 2. The molecule has 0 aliphatic rings. The summed E-state index contributed by atoms with van der Waals surface area (Å²) in [6.45, 7) is 5.28. The van der Waals surface area contributed by atoms with Crippen LogP contribution in [0.2, 0.25) is 0 Å². The zero-order valence-electron chi connectivity index (χ0n) is 11.3. The molecule has 0 saturated heterocycles. The monoisotopic (exact) mass is 265 g/mol. The fraction of sp³-hybridized carbons (Fsp3) is 0.385. The maximum atomic E-state index is 11.7. The molecule has 19 heavy (non-hydrogen) atoms. The third-order valence-corrected chi connectivity index (χ3v) is 2.38. The predicted octanol–water partition coefficient (Wildman–Crippen LogP) is 0.660. The summed E-state index contributed by atoms with van der Waals surface area (Å²) in [5, 5.41) is 2.71. The van der Waals surface area contributed by atoms with Crippen LogP contribution in [0.5, 0.6) is 5.75 Å². The van der Waals surface area contributed by atoms with Gasteiger partial charge in [-0.2, -0.15) is 0 Å². The Morgan fingerprint density at radius 1 is 1.26 bits per heavy atom. The highest BCUT2D eigenvalue weighted by Gasteiger charge is 2.18. The summed E-state index contributed by atoms with van der Waals surface area (Å²) in [5.74, 6) is -0.696. The molecule has 0 fully saturated rings. The summed E-state index contributed by atoms with van der Waals surface area (Å²) in [4.78, 5) is 23.0. The molecule has 6 heteroatoms. The highest BCUT2D eigenvalue weighted by Crippen LogP contribution is 2.22. The third kappa shape index (κ3) is 4.17. The maximum absolute atomic E-state index is 11.7. The lowest BCUT2D eigenvalue weighted by molar-refractivity contribution is -0.127. The van der Waals surface area contributed by atoms with Crippen molar-refractivity contribution in [2.45, 2.75) is 32.9 Å². The molecule has 0 aromatic heterocycles. The molecular formula is C13H19N3O3. The Bertz CT molecular complexity index is 486. The number of hydrogen-bond acceptors (Lipinski definition) is 4. The molecule has 1 aromatic carbocycles. The van der Waals surface area contributed by atoms with Gasteiger partial charge in [0, 0.05) is 17.8 Å². The summed E-state index contributed by atoms with van der Waals surface area (Å²) in [6, 6.07) is 4.50. The van der Waals surface area contributed by atoms with E-state index < -0.39 is 12.0 Å². The molecule has 0 heterocycles. The number of hydrogen-bond donors (Lipinski definition) is 3. The molecule has 0 bridgehead atoms. The summed E-state index contributed by atoms with van der Waals surface area (Å²) in [7, 11) is 0. The van der Waals surface area contributed by atoms with Gasteiger partial charge in [-0.25, -0.2) is 0 Å². The molecule has 1 aromatic rings. The first kappa shape index (κ1) is 14.8. The van der Waals surface area contributed by atoms with Crippen LogP contribution in [0.15, 0.2) is 18.2 Å². The van der Waals surface area contributed by atoms with Crippen LogP contribution in [-0.4, -0.2) is 24.0 Å². The Balaban J connectivity index is 2.89. The molecule has 1 rings (SSSR count). The van der Waals surface area contributed by atoms with Crippen molar-refractivity contribution in [2.24, 2.45) is 5.73 Å². The van der Waals surface area contributed by atoms with E-state index in [9.17, 15) is 9.59 Å². The molecule has 104 valence electrons. The van der Waals surface area contributed by atoms with Crippen LogP contribution in [-0.2, 0) is 4.79 Å². The third-order valence-electron chi connectivity index (χ3n) is 2.38. The van der Waals surface area contributed by atoms with Crippen molar-refractivity contribution in [1.29, 1.82) is 0 Å². The van der Waals surface area contributed by atoms with E-state index in [1.807, 2.05) is 13.8 Å². The minimum Gasteiger partial charge on any atom is -0.480 e. The van der Waals surface area contributed by atoms with Crippen molar-refractivity contribution in [3.05, 3.63) is 23.8 Å². The van der Waals surface area contributed by atoms with E-state index in [2.05, 4.69) is 5.32 Å². The first-order valence-electron chi connectivity index (χ1n) is 5.97. The highest BCUT2D eigenvalue weighted by atomic mass is 16.5. The zero-order chi connectivity index (χ0) is 14.6. The van der Waals surface area contributed by atoms with Crippen LogP contribution in [0.1, 0.15) is 31.1 Å². The lowest BCUT2D eigenvalue weighted by Crippen LogP contribution is -2.40. The fourth-order valence-electron chi connectivity index (χ4n) is 1.49. The van der Waals surface area contributed by atoms with E-state index in [1.54, 1.807) is 13.0 Å². The number of ether oxygens (including phenoxy) is 1. The standard InChI is InChI=1S/C13H19N3O3/c1-7(2)16-13(18)8(3)19-11-6-9(14)4-5-10(11)12(15)17/h4-8H,14H2,1-3H3,(H2,15,17)(H,16,18). The SMILES string of the molecule is CC(C)NC(=O)C(C)Oc1cc(N)ccc1C(N)=O. The Labute approximate surface area is 112 Å². The second kappa shape index (κ2) is 6.08. The quantitative estimate of drug-likeness (QED) is 0.679. The van der Waals surface area contributed by atoms with Crippen LogP contribution >= 0.6 is 0 Å². The Morgan fingerprint density at radius 3 is 2.42 bits per heavy atom. The van der Waals surface area contributed by atoms with Gasteiger partial charge in [-0.1, -0.05) is 0 Å². The topological polar surface area (TPSA) is 107 Å². The Morgan fingerprint density at radius 2 is 1.89 bits per heavy atom. The van der Waals surface area contributed by atoms with Gasteiger partial charge in [-0.05, 0) is 32.9 Å². The maximum Gasteiger partial charge on any atom is 0.260 e. The van der Waals surface area contributed by atoms with Crippen LogP contribution < -0.4 is 21.5 Å². The second-order valence-electron chi connectivity index (χ2n) is 4.54. The Kier molecular flexibility index (Phi) is 4.74. The summed E-state index contributed by atoms with van der Waals surface area (Å²) >= 11 is 0. The van der Waals surface area contributed by atoms with Gasteiger partial charge in [0.05, 0.1) is 5.56 Å². The summed E-state index contributed by atoms with van der Waals surface area (Å²) < 4.78 is 5.46. The van der Waals surface area contributed by atoms with Gasteiger partial charge in [-0.3, -0.25) is 9.59 Å². The van der Waals surface area contributed by atoms with E-state index in [4.69, 9.17) is 16.2 Å². The fourth-order valence-corrected chi connectivity index (χ4v) is 1.49. The summed E-state index contributed by atoms with van der Waals surface area (Å²) in [6.07, 6.45) is -0.748. The van der Waals surface area contributed by atoms with Gasteiger partial charge in [0.2, 0.25) is 0 Å². The molecule has 0 saturated carbocycles. The lowest BCUT2D eigenvalue weighted by atomic mass is 10.1. The van der Waals surface area contributed by atoms with Crippen LogP contribution in [0.4, 0.5) is 5.69 Å². The Hall–Kier alpha value is -2.24. The number of benzene rings is 1. The molecular weight excluding hydrogens is 246 g/mol. The summed E-state index contributed by atoms with van der Waals surface area (Å²) in [5.41, 5.74) is 11.5. The van der Waals surface area contributed by atoms with Crippen LogP contribution in [0.25, 0.3) is 0 Å². The van der Waals surface area contributed by atoms with Crippen molar-refractivity contribution in [3.8, 4) is 5.75 Å². The minimum absolute atomic E-state index is 0.00926. The number of nitrogens with two attached hydrogens (primary N) is 2. The number of anilines is 1. The molecule has 1 atom stereocenters. The second-order valence-corrected chi connectivity index (χ2v) is 4.54. The van der Waals surface area contributed by atoms with Crippen molar-refractivity contribution in [2.75, 3.05) is 5.73 Å². The van der Waals surface area contributed by atoms with Gasteiger partial charge < -0.3 is 21.5 Å². The van der Waals surface area contributed by atoms with Crippen LogP contribution in [0, 0.1) is 0 Å². The number of nitrogens with one attached hydrogen (secondary N) is 1. The van der Waals surface area contributed by atoms with E-state index in [0.29, 0.717) is 5.69 Å². The molecule has 0 aliphatic heterocycles. The van der Waals surface area contributed by atoms with E-state index >= 15 is 0 Å². The number of primary amides is 1.